The SMILES string of the molecule is [B].c1ccc(-c2ccc(Nc3cccc4ccccc34)cc2)cc1. The number of hydrogen-bond donors (Lipinski definition) is 1. The van der Waals surface area contributed by atoms with Crippen LogP contribution in [0.5, 0.6) is 0 Å². The highest BCUT2D eigenvalue weighted by atomic mass is 14.9. The molecule has 0 heterocycles. The number of hydrogen-bond acceptors (Lipinski definition) is 1. The Balaban J connectivity index is 0.00000169. The van der Waals surface area contributed by atoms with Gasteiger partial charge in [0.25, 0.3) is 0 Å². The molecule has 0 amide bonds. The third kappa shape index (κ3) is 3.18. The molecule has 0 saturated carbocycles. The van der Waals surface area contributed by atoms with Gasteiger partial charge in [0.2, 0.25) is 0 Å². The van der Waals surface area contributed by atoms with Gasteiger partial charge in [-0.3, -0.25) is 0 Å². The molecule has 4 rings (SSSR count). The summed E-state index contributed by atoms with van der Waals surface area (Å²) in [5.74, 6) is 0. The van der Waals surface area contributed by atoms with E-state index in [9.17, 15) is 0 Å². The highest BCUT2D eigenvalue weighted by molar-refractivity contribution is 5.95. The summed E-state index contributed by atoms with van der Waals surface area (Å²) in [5, 5.41) is 6.01. The maximum atomic E-state index is 3.53. The Hall–Kier alpha value is -3.00. The highest BCUT2D eigenvalue weighted by Crippen LogP contribution is 2.27. The first kappa shape index (κ1) is 15.9. The van der Waals surface area contributed by atoms with Gasteiger partial charge in [-0.15, -0.1) is 0 Å². The molecule has 113 valence electrons. The fourth-order valence-electron chi connectivity index (χ4n) is 2.87. The molecular weight excluding hydrogens is 289 g/mol. The molecule has 3 radical (unpaired) electrons. The van der Waals surface area contributed by atoms with E-state index in [0.717, 1.165) is 11.4 Å². The minimum atomic E-state index is 0. The van der Waals surface area contributed by atoms with E-state index in [2.05, 4.69) is 96.3 Å². The van der Waals surface area contributed by atoms with Gasteiger partial charge in [-0.25, -0.2) is 0 Å². The second-order valence-electron chi connectivity index (χ2n) is 5.60. The van der Waals surface area contributed by atoms with E-state index in [4.69, 9.17) is 0 Å². The predicted molar refractivity (Wildman–Crippen MR) is 105 cm³/mol. The number of nitrogens with one attached hydrogen (secondary N) is 1. The van der Waals surface area contributed by atoms with E-state index in [0.29, 0.717) is 0 Å². The average molecular weight is 306 g/mol. The maximum Gasteiger partial charge on any atom is 0.0463 e. The van der Waals surface area contributed by atoms with Crippen LogP contribution in [-0.4, -0.2) is 8.41 Å². The van der Waals surface area contributed by atoms with Gasteiger partial charge in [0.15, 0.2) is 0 Å². The molecular formula is C22H17BN. The molecule has 0 atom stereocenters. The molecule has 0 aliphatic carbocycles. The summed E-state index contributed by atoms with van der Waals surface area (Å²) in [6.45, 7) is 0. The molecule has 2 heteroatoms. The van der Waals surface area contributed by atoms with E-state index in [1.165, 1.54) is 21.9 Å². The average Bonchev–Trinajstić information content (AvgIpc) is 2.63. The van der Waals surface area contributed by atoms with Gasteiger partial charge < -0.3 is 5.32 Å². The van der Waals surface area contributed by atoms with Crippen molar-refractivity contribution >= 4 is 30.6 Å². The van der Waals surface area contributed by atoms with E-state index in [-0.39, 0.29) is 8.41 Å². The van der Waals surface area contributed by atoms with E-state index in [1.54, 1.807) is 0 Å². The van der Waals surface area contributed by atoms with Crippen LogP contribution >= 0.6 is 0 Å². The van der Waals surface area contributed by atoms with Crippen molar-refractivity contribution in [1.82, 2.24) is 0 Å². The number of rotatable bonds is 3. The molecule has 0 aliphatic heterocycles. The van der Waals surface area contributed by atoms with Crippen LogP contribution in [0.4, 0.5) is 11.4 Å². The molecule has 1 nitrogen and oxygen atoms in total. The quantitative estimate of drug-likeness (QED) is 0.467. The van der Waals surface area contributed by atoms with Crippen LogP contribution in [0, 0.1) is 0 Å². The largest absolute Gasteiger partial charge is 0.355 e. The smallest absolute Gasteiger partial charge is 0.0463 e. The number of benzene rings is 4. The second-order valence-corrected chi connectivity index (χ2v) is 5.60. The first-order valence-electron chi connectivity index (χ1n) is 7.80. The summed E-state index contributed by atoms with van der Waals surface area (Å²) in [7, 11) is 0. The third-order valence-corrected chi connectivity index (χ3v) is 4.06. The van der Waals surface area contributed by atoms with Crippen molar-refractivity contribution < 1.29 is 0 Å². The Morgan fingerprint density at radius 1 is 0.500 bits per heavy atom. The lowest BCUT2D eigenvalue weighted by molar-refractivity contribution is 1.56. The number of fused-ring (bicyclic) bond motifs is 1. The molecule has 4 aromatic carbocycles. The maximum absolute atomic E-state index is 3.53. The molecule has 4 aromatic rings. The first-order valence-corrected chi connectivity index (χ1v) is 7.80. The number of anilines is 2. The van der Waals surface area contributed by atoms with Crippen molar-refractivity contribution in [1.29, 1.82) is 0 Å². The van der Waals surface area contributed by atoms with Crippen molar-refractivity contribution in [2.75, 3.05) is 5.32 Å². The molecule has 0 fully saturated rings. The van der Waals surface area contributed by atoms with Gasteiger partial charge in [0.1, 0.15) is 0 Å². The fraction of sp³-hybridized carbons (Fsp3) is 0. The molecule has 0 aliphatic rings. The minimum Gasteiger partial charge on any atom is -0.355 e. The van der Waals surface area contributed by atoms with Crippen molar-refractivity contribution in [3.63, 3.8) is 0 Å². The van der Waals surface area contributed by atoms with Crippen molar-refractivity contribution in [3.8, 4) is 11.1 Å². The normalized spacial score (nSPS) is 10.2. The van der Waals surface area contributed by atoms with Crippen LogP contribution in [-0.2, 0) is 0 Å². The predicted octanol–water partition coefficient (Wildman–Crippen LogP) is 5.87. The molecule has 24 heavy (non-hydrogen) atoms. The molecule has 0 bridgehead atoms. The van der Waals surface area contributed by atoms with E-state index >= 15 is 0 Å². The van der Waals surface area contributed by atoms with E-state index < -0.39 is 0 Å². The zero-order chi connectivity index (χ0) is 15.5. The minimum absolute atomic E-state index is 0. The Morgan fingerprint density at radius 2 is 1.12 bits per heavy atom. The Morgan fingerprint density at radius 3 is 1.92 bits per heavy atom. The lowest BCUT2D eigenvalue weighted by Gasteiger charge is -2.10. The van der Waals surface area contributed by atoms with Gasteiger partial charge in [-0.2, -0.15) is 0 Å². The van der Waals surface area contributed by atoms with Crippen molar-refractivity contribution in [3.05, 3.63) is 97.1 Å². The summed E-state index contributed by atoms with van der Waals surface area (Å²) >= 11 is 0. The van der Waals surface area contributed by atoms with Gasteiger partial charge in [-0.1, -0.05) is 78.9 Å². The molecule has 0 aromatic heterocycles. The molecule has 1 N–H and O–H groups in total. The zero-order valence-corrected chi connectivity index (χ0v) is 13.3. The first-order chi connectivity index (χ1) is 11.4. The Kier molecular flexibility index (Phi) is 4.67. The molecule has 0 saturated heterocycles. The molecule has 0 spiro atoms. The summed E-state index contributed by atoms with van der Waals surface area (Å²) in [4.78, 5) is 0. The van der Waals surface area contributed by atoms with Gasteiger partial charge in [0, 0.05) is 25.2 Å². The highest BCUT2D eigenvalue weighted by Gasteiger charge is 2.01. The third-order valence-electron chi connectivity index (χ3n) is 4.06. The second kappa shape index (κ2) is 7.05. The standard InChI is InChI=1S/C22H17N.B/c1-2-7-17(8-3-1)18-13-15-20(16-14-18)23-22-12-6-10-19-9-4-5-11-21(19)22;/h1-16,23H;. The monoisotopic (exact) mass is 306 g/mol. The van der Waals surface area contributed by atoms with Crippen LogP contribution in [0.2, 0.25) is 0 Å². The zero-order valence-electron chi connectivity index (χ0n) is 13.3. The Bertz CT molecular complexity index is 925. The lowest BCUT2D eigenvalue weighted by Crippen LogP contribution is -1.91. The Labute approximate surface area is 144 Å². The summed E-state index contributed by atoms with van der Waals surface area (Å²) < 4.78 is 0. The van der Waals surface area contributed by atoms with Gasteiger partial charge in [0.05, 0.1) is 0 Å². The van der Waals surface area contributed by atoms with Crippen molar-refractivity contribution in [2.24, 2.45) is 0 Å². The summed E-state index contributed by atoms with van der Waals surface area (Å²) in [6.07, 6.45) is 0. The van der Waals surface area contributed by atoms with Crippen molar-refractivity contribution in [2.45, 2.75) is 0 Å². The van der Waals surface area contributed by atoms with Gasteiger partial charge >= 0.3 is 0 Å². The van der Waals surface area contributed by atoms with Crippen LogP contribution in [0.15, 0.2) is 97.1 Å². The van der Waals surface area contributed by atoms with E-state index in [1.807, 2.05) is 6.07 Å². The summed E-state index contributed by atoms with van der Waals surface area (Å²) in [5.41, 5.74) is 4.70. The topological polar surface area (TPSA) is 12.0 Å². The van der Waals surface area contributed by atoms with Crippen LogP contribution in [0.3, 0.4) is 0 Å². The van der Waals surface area contributed by atoms with Crippen LogP contribution < -0.4 is 5.32 Å². The lowest BCUT2D eigenvalue weighted by atomic mass is 10.1. The molecule has 0 unspecified atom stereocenters. The summed E-state index contributed by atoms with van der Waals surface area (Å²) in [6, 6.07) is 33.8. The van der Waals surface area contributed by atoms with Crippen LogP contribution in [0.25, 0.3) is 21.9 Å². The van der Waals surface area contributed by atoms with Gasteiger partial charge in [-0.05, 0) is 34.7 Å². The van der Waals surface area contributed by atoms with Crippen LogP contribution in [0.1, 0.15) is 0 Å². The fourth-order valence-corrected chi connectivity index (χ4v) is 2.87.